The highest BCUT2D eigenvalue weighted by Gasteiger charge is 2.35. The van der Waals surface area contributed by atoms with Gasteiger partial charge in [-0.15, -0.1) is 0 Å². The van der Waals surface area contributed by atoms with Crippen LogP contribution in [-0.2, 0) is 16.1 Å². The first-order valence-corrected chi connectivity index (χ1v) is 11.0. The Kier molecular flexibility index (Phi) is 5.80. The van der Waals surface area contributed by atoms with Crippen LogP contribution in [0.15, 0.2) is 84.7 Å². The Hall–Kier alpha value is -4.43. The summed E-state index contributed by atoms with van der Waals surface area (Å²) >= 11 is 6.02. The predicted molar refractivity (Wildman–Crippen MR) is 132 cm³/mol. The van der Waals surface area contributed by atoms with Gasteiger partial charge in [0.15, 0.2) is 0 Å². The first-order valence-electron chi connectivity index (χ1n) is 10.6. The second kappa shape index (κ2) is 9.08. The van der Waals surface area contributed by atoms with Crippen LogP contribution in [0.2, 0.25) is 5.02 Å². The summed E-state index contributed by atoms with van der Waals surface area (Å²) in [6.07, 6.45) is 3.32. The molecule has 1 aliphatic rings. The van der Waals surface area contributed by atoms with Crippen molar-refractivity contribution in [3.8, 4) is 0 Å². The number of hydrogen-bond donors (Lipinski definition) is 2. The molecule has 1 saturated heterocycles. The Morgan fingerprint density at radius 3 is 2.57 bits per heavy atom. The molecule has 4 amide bonds. The standard InChI is InChI=1S/C26H18ClFN4O3/c27-17-4-3-5-20(13-17)32-25(34)22(30-26(32)35)12-16-14-31(23-7-2-1-6-21(16)23)15-24(33)29-19-10-8-18(28)9-11-19/h1-14H,15H2,(H,29,33)(H,30,35)/b22-12-. The smallest absolute Gasteiger partial charge is 0.333 e. The van der Waals surface area contributed by atoms with Gasteiger partial charge in [0.2, 0.25) is 5.91 Å². The summed E-state index contributed by atoms with van der Waals surface area (Å²) in [5.41, 5.74) is 2.39. The molecule has 5 rings (SSSR count). The van der Waals surface area contributed by atoms with E-state index in [0.29, 0.717) is 22.0 Å². The van der Waals surface area contributed by atoms with Crippen LogP contribution in [0.1, 0.15) is 5.56 Å². The number of fused-ring (bicyclic) bond motifs is 1. The molecule has 1 aromatic heterocycles. The highest BCUT2D eigenvalue weighted by atomic mass is 35.5. The molecule has 2 N–H and O–H groups in total. The van der Waals surface area contributed by atoms with Gasteiger partial charge in [-0.3, -0.25) is 9.59 Å². The number of aromatic nitrogens is 1. The molecule has 1 aliphatic heterocycles. The summed E-state index contributed by atoms with van der Waals surface area (Å²) in [7, 11) is 0. The lowest BCUT2D eigenvalue weighted by atomic mass is 10.1. The minimum Gasteiger partial charge on any atom is -0.337 e. The third-order valence-electron chi connectivity index (χ3n) is 5.51. The molecule has 0 aliphatic carbocycles. The van der Waals surface area contributed by atoms with E-state index < -0.39 is 11.9 Å². The van der Waals surface area contributed by atoms with Gasteiger partial charge in [-0.2, -0.15) is 0 Å². The second-order valence-corrected chi connectivity index (χ2v) is 8.33. The molecule has 0 atom stereocenters. The van der Waals surface area contributed by atoms with Gasteiger partial charge in [-0.25, -0.2) is 14.1 Å². The van der Waals surface area contributed by atoms with Crippen LogP contribution in [0.25, 0.3) is 17.0 Å². The van der Waals surface area contributed by atoms with Crippen molar-refractivity contribution >= 4 is 57.8 Å². The van der Waals surface area contributed by atoms with Crippen molar-refractivity contribution in [1.29, 1.82) is 0 Å². The Bertz CT molecular complexity index is 1510. The molecule has 0 bridgehead atoms. The third kappa shape index (κ3) is 4.51. The number of halogens is 2. The number of benzene rings is 3. The molecule has 9 heteroatoms. The van der Waals surface area contributed by atoms with E-state index in [9.17, 15) is 18.8 Å². The van der Waals surface area contributed by atoms with Gasteiger partial charge in [0.05, 0.1) is 5.69 Å². The molecule has 35 heavy (non-hydrogen) atoms. The Morgan fingerprint density at radius 2 is 1.80 bits per heavy atom. The number of rotatable bonds is 5. The zero-order valence-corrected chi connectivity index (χ0v) is 18.9. The lowest BCUT2D eigenvalue weighted by Crippen LogP contribution is -2.30. The minimum absolute atomic E-state index is 0.00396. The van der Waals surface area contributed by atoms with E-state index in [1.54, 1.807) is 35.0 Å². The number of nitrogens with one attached hydrogen (secondary N) is 2. The number of anilines is 2. The summed E-state index contributed by atoms with van der Waals surface area (Å²) < 4.78 is 14.9. The van der Waals surface area contributed by atoms with Gasteiger partial charge < -0.3 is 15.2 Å². The van der Waals surface area contributed by atoms with Crippen molar-refractivity contribution in [3.05, 3.63) is 101 Å². The lowest BCUT2D eigenvalue weighted by molar-refractivity contribution is -0.116. The molecule has 4 aromatic rings. The molecule has 0 saturated carbocycles. The van der Waals surface area contributed by atoms with E-state index in [0.717, 1.165) is 15.8 Å². The van der Waals surface area contributed by atoms with Crippen LogP contribution >= 0.6 is 11.6 Å². The summed E-state index contributed by atoms with van der Waals surface area (Å²) in [6, 6.07) is 18.8. The van der Waals surface area contributed by atoms with Crippen molar-refractivity contribution in [1.82, 2.24) is 9.88 Å². The quantitative estimate of drug-likeness (QED) is 0.300. The highest BCUT2D eigenvalue weighted by molar-refractivity contribution is 6.32. The number of hydrogen-bond acceptors (Lipinski definition) is 3. The maximum absolute atomic E-state index is 13.1. The van der Waals surface area contributed by atoms with Crippen LogP contribution in [0.3, 0.4) is 0 Å². The average molecular weight is 489 g/mol. The number of carbonyl (C=O) groups excluding carboxylic acids is 3. The fourth-order valence-electron chi connectivity index (χ4n) is 3.95. The van der Waals surface area contributed by atoms with E-state index in [2.05, 4.69) is 10.6 Å². The van der Waals surface area contributed by atoms with Gasteiger partial charge in [-0.05, 0) is 54.6 Å². The van der Waals surface area contributed by atoms with Crippen molar-refractivity contribution < 1.29 is 18.8 Å². The van der Waals surface area contributed by atoms with Gasteiger partial charge in [0.25, 0.3) is 5.91 Å². The fraction of sp³-hybridized carbons (Fsp3) is 0.0385. The van der Waals surface area contributed by atoms with E-state index in [1.165, 1.54) is 30.3 Å². The monoisotopic (exact) mass is 488 g/mol. The normalized spacial score (nSPS) is 14.6. The van der Waals surface area contributed by atoms with E-state index >= 15 is 0 Å². The Labute approximate surface area is 204 Å². The average Bonchev–Trinajstić information content (AvgIpc) is 3.31. The zero-order valence-electron chi connectivity index (χ0n) is 18.2. The molecule has 0 spiro atoms. The van der Waals surface area contributed by atoms with Crippen LogP contribution in [0.4, 0.5) is 20.6 Å². The SMILES string of the molecule is O=C(Cn1cc(/C=C2\NC(=O)N(c3cccc(Cl)c3)C2=O)c2ccccc21)Nc1ccc(F)cc1. The maximum Gasteiger partial charge on any atom is 0.333 e. The molecule has 0 unspecified atom stereocenters. The number of urea groups is 1. The summed E-state index contributed by atoms with van der Waals surface area (Å²) in [4.78, 5) is 39.2. The predicted octanol–water partition coefficient (Wildman–Crippen LogP) is 5.17. The molecule has 1 fully saturated rings. The van der Waals surface area contributed by atoms with E-state index in [1.807, 2.05) is 24.3 Å². The highest BCUT2D eigenvalue weighted by Crippen LogP contribution is 2.28. The number of para-hydroxylation sites is 1. The van der Waals surface area contributed by atoms with E-state index in [-0.39, 0.29) is 24.0 Å². The van der Waals surface area contributed by atoms with Crippen molar-refractivity contribution in [2.45, 2.75) is 6.54 Å². The fourth-order valence-corrected chi connectivity index (χ4v) is 4.13. The van der Waals surface area contributed by atoms with Gasteiger partial charge in [-0.1, -0.05) is 35.9 Å². The van der Waals surface area contributed by atoms with Crippen LogP contribution in [0.5, 0.6) is 0 Å². The Balaban J connectivity index is 1.43. The number of amides is 4. The van der Waals surface area contributed by atoms with Gasteiger partial charge in [0.1, 0.15) is 18.1 Å². The third-order valence-corrected chi connectivity index (χ3v) is 5.74. The number of imide groups is 1. The zero-order chi connectivity index (χ0) is 24.5. The van der Waals surface area contributed by atoms with Crippen LogP contribution in [-0.4, -0.2) is 22.4 Å². The van der Waals surface area contributed by atoms with Crippen molar-refractivity contribution in [2.24, 2.45) is 0 Å². The summed E-state index contributed by atoms with van der Waals surface area (Å²) in [5, 5.41) is 6.55. The maximum atomic E-state index is 13.1. The van der Waals surface area contributed by atoms with E-state index in [4.69, 9.17) is 11.6 Å². The van der Waals surface area contributed by atoms with Gasteiger partial charge >= 0.3 is 6.03 Å². The number of nitrogens with zero attached hydrogens (tertiary/aromatic N) is 2. The van der Waals surface area contributed by atoms with Crippen LogP contribution in [0, 0.1) is 5.82 Å². The molecular weight excluding hydrogens is 471 g/mol. The topological polar surface area (TPSA) is 83.4 Å². The first-order chi connectivity index (χ1) is 16.9. The van der Waals surface area contributed by atoms with Crippen molar-refractivity contribution in [3.63, 3.8) is 0 Å². The molecular formula is C26H18ClFN4O3. The molecule has 3 aromatic carbocycles. The lowest BCUT2D eigenvalue weighted by Gasteiger charge is -2.11. The van der Waals surface area contributed by atoms with Gasteiger partial charge in [0, 0.05) is 33.4 Å². The largest absolute Gasteiger partial charge is 0.337 e. The number of carbonyl (C=O) groups is 3. The first kappa shape index (κ1) is 22.4. The van der Waals surface area contributed by atoms with Crippen LogP contribution < -0.4 is 15.5 Å². The van der Waals surface area contributed by atoms with Crippen molar-refractivity contribution in [2.75, 3.05) is 10.2 Å². The Morgan fingerprint density at radius 1 is 1.03 bits per heavy atom. The molecule has 174 valence electrons. The summed E-state index contributed by atoms with van der Waals surface area (Å²) in [5.74, 6) is -1.20. The molecule has 7 nitrogen and oxygen atoms in total. The molecule has 2 heterocycles. The second-order valence-electron chi connectivity index (χ2n) is 7.89. The summed E-state index contributed by atoms with van der Waals surface area (Å²) in [6.45, 7) is -0.00396. The molecule has 0 radical (unpaired) electrons. The minimum atomic E-state index is -0.578.